The molecule has 2 heterocycles. The van der Waals surface area contributed by atoms with Gasteiger partial charge in [0.2, 0.25) is 0 Å². The number of nitrogens with zero attached hydrogens (tertiary/aromatic N) is 3. The number of hydrogen-bond donors (Lipinski definition) is 4. The second-order valence-corrected chi connectivity index (χ2v) is 5.63. The minimum atomic E-state index is -0.690. The first kappa shape index (κ1) is 19.1. The molecule has 3 rings (SSSR count). The topological polar surface area (TPSA) is 141 Å². The Hall–Kier alpha value is -3.67. The van der Waals surface area contributed by atoms with Gasteiger partial charge < -0.3 is 19.7 Å². The second-order valence-electron chi connectivity index (χ2n) is 5.63. The van der Waals surface area contributed by atoms with Crippen molar-refractivity contribution in [1.29, 1.82) is 0 Å². The predicted octanol–water partition coefficient (Wildman–Crippen LogP) is 0.524. The number of carbonyl (C=O) groups is 2. The van der Waals surface area contributed by atoms with Crippen LogP contribution in [0.25, 0.3) is 0 Å². The number of halogens is 1. The van der Waals surface area contributed by atoms with Crippen molar-refractivity contribution < 1.29 is 28.3 Å². The molecule has 2 aromatic rings. The largest absolute Gasteiger partial charge is 0.442 e. The molecule has 12 heteroatoms. The highest BCUT2D eigenvalue weighted by atomic mass is 19.1. The lowest BCUT2D eigenvalue weighted by molar-refractivity contribution is -0.124. The van der Waals surface area contributed by atoms with Crippen LogP contribution in [0, 0.1) is 5.82 Å². The predicted molar refractivity (Wildman–Crippen MR) is 95.5 cm³/mol. The van der Waals surface area contributed by atoms with Crippen molar-refractivity contribution in [1.82, 2.24) is 16.0 Å². The number of aliphatic hydroxyl groups is 1. The molecule has 11 nitrogen and oxygen atoms in total. The molecule has 0 radical (unpaired) electrons. The minimum Gasteiger partial charge on any atom is -0.442 e. The highest BCUT2D eigenvalue weighted by Crippen LogP contribution is 2.27. The molecule has 1 fully saturated rings. The van der Waals surface area contributed by atoms with Gasteiger partial charge in [-0.05, 0) is 18.2 Å². The number of rotatable bonds is 8. The Morgan fingerprint density at radius 3 is 3.04 bits per heavy atom. The van der Waals surface area contributed by atoms with Gasteiger partial charge in [-0.2, -0.15) is 0 Å². The zero-order chi connectivity index (χ0) is 19.9. The zero-order valence-corrected chi connectivity index (χ0v) is 14.5. The summed E-state index contributed by atoms with van der Waals surface area (Å²) in [6.07, 6.45) is 1.44. The Morgan fingerprint density at radius 2 is 2.32 bits per heavy atom. The summed E-state index contributed by atoms with van der Waals surface area (Å²) in [5.41, 5.74) is 4.73. The molecule has 0 aliphatic carbocycles. The molecular weight excluding hydrogens is 375 g/mol. The summed E-state index contributed by atoms with van der Waals surface area (Å²) in [4.78, 5) is 28.0. The van der Waals surface area contributed by atoms with Gasteiger partial charge >= 0.3 is 6.09 Å². The van der Waals surface area contributed by atoms with Crippen LogP contribution in [-0.4, -0.2) is 54.4 Å². The summed E-state index contributed by atoms with van der Waals surface area (Å²) < 4.78 is 24.2. The van der Waals surface area contributed by atoms with Gasteiger partial charge in [-0.15, -0.1) is 0 Å². The van der Waals surface area contributed by atoms with E-state index in [2.05, 4.69) is 26.3 Å². The maximum atomic E-state index is 14.2. The maximum absolute atomic E-state index is 14.2. The number of ether oxygens (including phenoxy) is 1. The lowest BCUT2D eigenvalue weighted by Crippen LogP contribution is -2.38. The standard InChI is InChI=1S/C16H17FN6O5/c17-12-5-10(1-2-13(12)19-9-20-21-15(25)8-24)23-7-11(28-16(23)26)6-18-14-3-4-27-22-14/h1-5,9,11,24H,6-8H2,(H,18,22)(H,19,20)(H,21,25)/t11-/m0/s1. The van der Waals surface area contributed by atoms with Crippen LogP contribution in [0.1, 0.15) is 0 Å². The number of amides is 2. The summed E-state index contributed by atoms with van der Waals surface area (Å²) in [7, 11) is 0. The number of aromatic nitrogens is 1. The Labute approximate surface area is 158 Å². The Bertz CT molecular complexity index is 859. The lowest BCUT2D eigenvalue weighted by atomic mass is 10.2. The highest BCUT2D eigenvalue weighted by molar-refractivity contribution is 5.90. The number of cyclic esters (lactones) is 1. The lowest BCUT2D eigenvalue weighted by Gasteiger charge is -2.13. The molecule has 0 unspecified atom stereocenters. The van der Waals surface area contributed by atoms with Gasteiger partial charge in [-0.3, -0.25) is 20.5 Å². The van der Waals surface area contributed by atoms with E-state index in [1.807, 2.05) is 0 Å². The quantitative estimate of drug-likeness (QED) is 0.290. The van der Waals surface area contributed by atoms with Crippen LogP contribution in [0.4, 0.5) is 26.4 Å². The van der Waals surface area contributed by atoms with Gasteiger partial charge in [0.15, 0.2) is 11.6 Å². The van der Waals surface area contributed by atoms with Crippen LogP contribution in [0.5, 0.6) is 0 Å². The SMILES string of the molecule is O=C(CO)NNC=Nc1ccc(N2C[C@H](CNc3ccon3)OC2=O)cc1F. The average Bonchev–Trinajstić information content (AvgIpc) is 3.33. The molecule has 148 valence electrons. The molecule has 0 bridgehead atoms. The first-order valence-electron chi connectivity index (χ1n) is 8.16. The van der Waals surface area contributed by atoms with Gasteiger partial charge in [0.25, 0.3) is 5.91 Å². The third kappa shape index (κ3) is 4.73. The molecule has 4 N–H and O–H groups in total. The molecule has 2 amide bonds. The first-order chi connectivity index (χ1) is 13.6. The molecule has 1 saturated heterocycles. The molecule has 1 aliphatic heterocycles. The highest BCUT2D eigenvalue weighted by Gasteiger charge is 2.32. The van der Waals surface area contributed by atoms with E-state index in [4.69, 9.17) is 14.4 Å². The summed E-state index contributed by atoms with van der Waals surface area (Å²) in [5.74, 6) is -0.810. The zero-order valence-electron chi connectivity index (χ0n) is 14.5. The van der Waals surface area contributed by atoms with Crippen molar-refractivity contribution in [2.75, 3.05) is 29.9 Å². The normalized spacial score (nSPS) is 16.3. The minimum absolute atomic E-state index is 0.00805. The average molecular weight is 392 g/mol. The van der Waals surface area contributed by atoms with Gasteiger partial charge in [-0.1, -0.05) is 5.16 Å². The molecule has 28 heavy (non-hydrogen) atoms. The Kier molecular flexibility index (Phi) is 6.01. The fourth-order valence-corrected chi connectivity index (χ4v) is 2.38. The summed E-state index contributed by atoms with van der Waals surface area (Å²) >= 11 is 0. The van der Waals surface area contributed by atoms with Crippen LogP contribution < -0.4 is 21.1 Å². The van der Waals surface area contributed by atoms with E-state index in [0.717, 1.165) is 12.4 Å². The van der Waals surface area contributed by atoms with Crippen LogP contribution in [0.3, 0.4) is 0 Å². The molecule has 1 aromatic heterocycles. The molecule has 1 aliphatic rings. The maximum Gasteiger partial charge on any atom is 0.414 e. The van der Waals surface area contributed by atoms with E-state index >= 15 is 0 Å². The van der Waals surface area contributed by atoms with Crippen molar-refractivity contribution in [3.8, 4) is 0 Å². The first-order valence-corrected chi connectivity index (χ1v) is 8.16. The van der Waals surface area contributed by atoms with Crippen molar-refractivity contribution in [3.63, 3.8) is 0 Å². The summed E-state index contributed by atoms with van der Waals surface area (Å²) in [6, 6.07) is 5.70. The van der Waals surface area contributed by atoms with E-state index < -0.39 is 30.5 Å². The van der Waals surface area contributed by atoms with Crippen molar-refractivity contribution in [2.24, 2.45) is 4.99 Å². The van der Waals surface area contributed by atoms with Crippen molar-refractivity contribution in [3.05, 3.63) is 36.3 Å². The van der Waals surface area contributed by atoms with E-state index in [9.17, 15) is 14.0 Å². The van der Waals surface area contributed by atoms with Gasteiger partial charge in [0, 0.05) is 6.07 Å². The second kappa shape index (κ2) is 8.81. The molecule has 0 spiro atoms. The van der Waals surface area contributed by atoms with Crippen LogP contribution >= 0.6 is 0 Å². The van der Waals surface area contributed by atoms with Gasteiger partial charge in [0.05, 0.1) is 18.8 Å². The Morgan fingerprint density at radius 1 is 1.46 bits per heavy atom. The fraction of sp³-hybridized carbons (Fsp3) is 0.250. The van der Waals surface area contributed by atoms with Crippen LogP contribution in [-0.2, 0) is 9.53 Å². The number of aliphatic hydroxyl groups excluding tert-OH is 1. The van der Waals surface area contributed by atoms with Crippen LogP contribution in [0.15, 0.2) is 40.0 Å². The van der Waals surface area contributed by atoms with E-state index in [1.54, 1.807) is 6.07 Å². The van der Waals surface area contributed by atoms with Gasteiger partial charge in [0.1, 0.15) is 31.0 Å². The van der Waals surface area contributed by atoms with Crippen molar-refractivity contribution in [2.45, 2.75) is 6.10 Å². The third-order valence-corrected chi connectivity index (χ3v) is 3.69. The molecular formula is C16H17FN6O5. The number of anilines is 2. The van der Waals surface area contributed by atoms with E-state index in [1.165, 1.54) is 23.3 Å². The van der Waals surface area contributed by atoms with E-state index in [0.29, 0.717) is 18.1 Å². The van der Waals surface area contributed by atoms with Crippen molar-refractivity contribution >= 4 is 35.5 Å². The number of hydrazine groups is 1. The fourth-order valence-electron chi connectivity index (χ4n) is 2.38. The number of aliphatic imine (C=N–C) groups is 1. The number of benzene rings is 1. The summed E-state index contributed by atoms with van der Waals surface area (Å²) in [5, 5.41) is 15.2. The number of nitrogens with one attached hydrogen (secondary N) is 3. The molecule has 1 aromatic carbocycles. The molecule has 0 saturated carbocycles. The third-order valence-electron chi connectivity index (χ3n) is 3.69. The monoisotopic (exact) mass is 392 g/mol. The van der Waals surface area contributed by atoms with Gasteiger partial charge in [-0.25, -0.2) is 14.2 Å². The number of hydrogen-bond acceptors (Lipinski definition) is 8. The smallest absolute Gasteiger partial charge is 0.414 e. The van der Waals surface area contributed by atoms with E-state index in [-0.39, 0.29) is 12.2 Å². The van der Waals surface area contributed by atoms with Crippen LogP contribution in [0.2, 0.25) is 0 Å². The summed E-state index contributed by atoms with van der Waals surface area (Å²) in [6.45, 7) is -0.129. The number of carbonyl (C=O) groups excluding carboxylic acids is 2. The molecule has 1 atom stereocenters. The Balaban J connectivity index is 1.57.